The summed E-state index contributed by atoms with van der Waals surface area (Å²) < 4.78 is 10.6. The number of hydrogen-bond acceptors (Lipinski definition) is 3. The molecule has 2 aromatic rings. The quantitative estimate of drug-likeness (QED) is 0.213. The zero-order chi connectivity index (χ0) is 23.4. The highest BCUT2D eigenvalue weighted by molar-refractivity contribution is 7.40. The Morgan fingerprint density at radius 3 is 1.31 bits per heavy atom. The van der Waals surface area contributed by atoms with Crippen molar-refractivity contribution in [2.45, 2.75) is 79.1 Å². The van der Waals surface area contributed by atoms with Crippen LogP contribution in [0.2, 0.25) is 0 Å². The Kier molecular flexibility index (Phi) is 17.3. The van der Waals surface area contributed by atoms with E-state index in [4.69, 9.17) is 9.05 Å². The van der Waals surface area contributed by atoms with Gasteiger partial charge in [0.25, 0.3) is 0 Å². The lowest BCUT2D eigenvalue weighted by molar-refractivity contribution is 0.193. The van der Waals surface area contributed by atoms with Crippen LogP contribution in [-0.4, -0.2) is 18.1 Å². The molecule has 0 atom stereocenters. The summed E-state index contributed by atoms with van der Waals surface area (Å²) >= 11 is 0. The van der Waals surface area contributed by atoms with Gasteiger partial charge in [0.2, 0.25) is 0 Å². The Bertz CT molecular complexity index is 589. The Morgan fingerprint density at radius 1 is 0.594 bits per heavy atom. The van der Waals surface area contributed by atoms with Crippen LogP contribution >= 0.6 is 8.60 Å². The molecule has 0 aliphatic carbocycles. The molecule has 0 bridgehead atoms. The van der Waals surface area contributed by atoms with E-state index in [0.29, 0.717) is 13.2 Å². The third-order valence-electron chi connectivity index (χ3n) is 5.14. The summed E-state index contributed by atoms with van der Waals surface area (Å²) in [5.74, 6) is 1.56. The second-order valence-corrected chi connectivity index (χ2v) is 10.1. The molecule has 0 unspecified atom stereocenters. The summed E-state index contributed by atoms with van der Waals surface area (Å²) in [7, 11) is -1.65. The Hall–Kier alpha value is -1.25. The molecule has 0 saturated heterocycles. The van der Waals surface area contributed by atoms with Crippen LogP contribution in [0.1, 0.15) is 79.1 Å². The third kappa shape index (κ3) is 16.4. The average molecular weight is 461 g/mol. The highest BCUT2D eigenvalue weighted by Crippen LogP contribution is 2.33. The van der Waals surface area contributed by atoms with Crippen molar-refractivity contribution in [1.82, 2.24) is 0 Å². The van der Waals surface area contributed by atoms with Gasteiger partial charge in [-0.25, -0.2) is 0 Å². The van der Waals surface area contributed by atoms with Crippen LogP contribution in [0.4, 0.5) is 0 Å². The first-order valence-corrected chi connectivity index (χ1v) is 13.5. The minimum atomic E-state index is -1.65. The summed E-state index contributed by atoms with van der Waals surface area (Å²) in [4.78, 5) is 9.56. The first kappa shape index (κ1) is 28.8. The second kappa shape index (κ2) is 19.2. The molecular weight excluding hydrogens is 415 g/mol. The van der Waals surface area contributed by atoms with E-state index in [1.165, 1.54) is 49.7 Å². The van der Waals surface area contributed by atoms with Gasteiger partial charge in [0.15, 0.2) is 0 Å². The molecule has 0 amide bonds. The Labute approximate surface area is 198 Å². The van der Waals surface area contributed by atoms with Crippen molar-refractivity contribution < 1.29 is 13.9 Å². The fourth-order valence-corrected chi connectivity index (χ4v) is 3.89. The van der Waals surface area contributed by atoms with Crippen molar-refractivity contribution in [3.05, 3.63) is 60.7 Å². The normalized spacial score (nSPS) is 11.1. The van der Waals surface area contributed by atoms with Gasteiger partial charge in [-0.05, 0) is 35.8 Å². The van der Waals surface area contributed by atoms with Gasteiger partial charge in [0, 0.05) is 0 Å². The first-order valence-electron chi connectivity index (χ1n) is 12.3. The lowest BCUT2D eigenvalue weighted by atomic mass is 10.1. The van der Waals surface area contributed by atoms with Crippen molar-refractivity contribution in [1.29, 1.82) is 0 Å². The SMILES string of the molecule is CC(C)CCCCCOP(O)OCCCCCC(C)C.c1ccc(-c2ccccc2)cc1. The molecular formula is C28H45O3P. The molecule has 0 aliphatic rings. The minimum absolute atomic E-state index is 0.619. The first-order chi connectivity index (χ1) is 15.5. The predicted molar refractivity (Wildman–Crippen MR) is 140 cm³/mol. The predicted octanol–water partition coefficient (Wildman–Crippen LogP) is 9.03. The molecule has 180 valence electrons. The van der Waals surface area contributed by atoms with Crippen molar-refractivity contribution in [2.75, 3.05) is 13.2 Å². The summed E-state index contributed by atoms with van der Waals surface area (Å²) in [6.45, 7) is 10.2. The molecule has 2 aromatic carbocycles. The van der Waals surface area contributed by atoms with Crippen LogP contribution in [0.25, 0.3) is 11.1 Å². The second-order valence-electron chi connectivity index (χ2n) is 9.12. The monoisotopic (exact) mass is 460 g/mol. The van der Waals surface area contributed by atoms with Crippen LogP contribution in [0.15, 0.2) is 60.7 Å². The maximum atomic E-state index is 9.56. The highest BCUT2D eigenvalue weighted by Gasteiger charge is 2.06. The van der Waals surface area contributed by atoms with Crippen molar-refractivity contribution in [2.24, 2.45) is 11.8 Å². The number of rotatable bonds is 15. The zero-order valence-corrected chi connectivity index (χ0v) is 21.6. The molecule has 0 aromatic heterocycles. The Morgan fingerprint density at radius 2 is 0.969 bits per heavy atom. The van der Waals surface area contributed by atoms with Crippen LogP contribution < -0.4 is 0 Å². The van der Waals surface area contributed by atoms with Gasteiger partial charge in [-0.15, -0.1) is 0 Å². The molecule has 32 heavy (non-hydrogen) atoms. The molecule has 0 saturated carbocycles. The van der Waals surface area contributed by atoms with Gasteiger partial charge in [-0.1, -0.05) is 127 Å². The number of hydrogen-bond donors (Lipinski definition) is 1. The fourth-order valence-electron chi connectivity index (χ4n) is 3.25. The zero-order valence-electron chi connectivity index (χ0n) is 20.7. The fraction of sp³-hybridized carbons (Fsp3) is 0.571. The molecule has 2 rings (SSSR count). The Balaban J connectivity index is 0.000000357. The lowest BCUT2D eigenvalue weighted by Crippen LogP contribution is -1.96. The summed E-state index contributed by atoms with van der Waals surface area (Å²) in [6.07, 6.45) is 9.45. The average Bonchev–Trinajstić information content (AvgIpc) is 2.80. The topological polar surface area (TPSA) is 38.7 Å². The molecule has 3 nitrogen and oxygen atoms in total. The summed E-state index contributed by atoms with van der Waals surface area (Å²) in [6, 6.07) is 20.8. The lowest BCUT2D eigenvalue weighted by Gasteiger charge is -2.11. The molecule has 4 heteroatoms. The largest absolute Gasteiger partial charge is 0.329 e. The van der Waals surface area contributed by atoms with Gasteiger partial charge in [-0.3, -0.25) is 0 Å². The third-order valence-corrected chi connectivity index (χ3v) is 5.94. The van der Waals surface area contributed by atoms with E-state index in [0.717, 1.165) is 24.7 Å². The van der Waals surface area contributed by atoms with E-state index < -0.39 is 8.60 Å². The van der Waals surface area contributed by atoms with Crippen molar-refractivity contribution in [3.63, 3.8) is 0 Å². The highest BCUT2D eigenvalue weighted by atomic mass is 31.2. The van der Waals surface area contributed by atoms with Crippen LogP contribution in [0.3, 0.4) is 0 Å². The molecule has 0 spiro atoms. The van der Waals surface area contributed by atoms with Gasteiger partial charge in [0.05, 0.1) is 13.2 Å². The molecule has 0 heterocycles. The smallest absolute Gasteiger partial charge is 0.328 e. The van der Waals surface area contributed by atoms with Crippen molar-refractivity contribution in [3.8, 4) is 11.1 Å². The molecule has 0 radical (unpaired) electrons. The van der Waals surface area contributed by atoms with Gasteiger partial charge >= 0.3 is 8.60 Å². The number of unbranched alkanes of at least 4 members (excludes halogenated alkanes) is 4. The van der Waals surface area contributed by atoms with Gasteiger partial charge < -0.3 is 13.9 Å². The van der Waals surface area contributed by atoms with Crippen LogP contribution in [0.5, 0.6) is 0 Å². The van der Waals surface area contributed by atoms with E-state index in [9.17, 15) is 4.89 Å². The summed E-state index contributed by atoms with van der Waals surface area (Å²) in [5, 5.41) is 0. The van der Waals surface area contributed by atoms with E-state index in [2.05, 4.69) is 76.2 Å². The molecule has 1 N–H and O–H groups in total. The maximum Gasteiger partial charge on any atom is 0.329 e. The molecule has 0 aliphatic heterocycles. The van der Waals surface area contributed by atoms with Crippen LogP contribution in [-0.2, 0) is 9.05 Å². The number of benzene rings is 2. The maximum absolute atomic E-state index is 9.56. The molecule has 0 fully saturated rings. The van der Waals surface area contributed by atoms with E-state index in [1.807, 2.05) is 12.1 Å². The van der Waals surface area contributed by atoms with E-state index >= 15 is 0 Å². The standard InChI is InChI=1S/C16H35O3P.C12H10/c1-15(2)11-7-5-9-13-18-20(17)19-14-10-6-8-12-16(3)4;1-3-7-11(8-4-1)12-9-5-2-6-10-12/h15-17H,5-14H2,1-4H3;1-10H. The van der Waals surface area contributed by atoms with E-state index in [-0.39, 0.29) is 0 Å². The van der Waals surface area contributed by atoms with Gasteiger partial charge in [0.1, 0.15) is 0 Å². The van der Waals surface area contributed by atoms with E-state index in [1.54, 1.807) is 0 Å². The van der Waals surface area contributed by atoms with Crippen molar-refractivity contribution >= 4 is 8.60 Å². The summed E-state index contributed by atoms with van der Waals surface area (Å²) in [5.41, 5.74) is 2.55. The van der Waals surface area contributed by atoms with Crippen LogP contribution in [0, 0.1) is 11.8 Å². The minimum Gasteiger partial charge on any atom is -0.328 e. The van der Waals surface area contributed by atoms with Gasteiger partial charge in [-0.2, -0.15) is 0 Å².